The van der Waals surface area contributed by atoms with Gasteiger partial charge in [-0.3, -0.25) is 19.1 Å². The zero-order chi connectivity index (χ0) is 29.9. The Labute approximate surface area is 254 Å². The van der Waals surface area contributed by atoms with Crippen molar-refractivity contribution >= 4 is 44.8 Å². The van der Waals surface area contributed by atoms with Gasteiger partial charge in [-0.05, 0) is 66.1 Å². The minimum absolute atomic E-state index is 0.00176. The molecular weight excluding hydrogens is 600 g/mol. The smallest absolute Gasteiger partial charge is 0.253 e. The number of nitrogens with one attached hydrogen (secondary N) is 2. The minimum Gasteiger partial charge on any atom is -0.330 e. The van der Waals surface area contributed by atoms with Gasteiger partial charge in [0.2, 0.25) is 10.0 Å². The van der Waals surface area contributed by atoms with E-state index in [1.54, 1.807) is 23.1 Å². The molecule has 2 heterocycles. The topological polar surface area (TPSA) is 96.3 Å². The molecule has 220 valence electrons. The van der Waals surface area contributed by atoms with Gasteiger partial charge in [-0.2, -0.15) is 5.10 Å². The van der Waals surface area contributed by atoms with Gasteiger partial charge < -0.3 is 5.32 Å². The highest BCUT2D eigenvalue weighted by Crippen LogP contribution is 2.36. The quantitative estimate of drug-likeness (QED) is 0.208. The Kier molecular flexibility index (Phi) is 9.17. The van der Waals surface area contributed by atoms with Gasteiger partial charge in [0.25, 0.3) is 5.91 Å². The van der Waals surface area contributed by atoms with Gasteiger partial charge in [0, 0.05) is 47.0 Å². The number of hydrogen-bond donors (Lipinski definition) is 2. The Bertz CT molecular complexity index is 1580. The molecule has 0 spiro atoms. The number of likely N-dealkylation sites (tertiary alicyclic amines) is 1. The van der Waals surface area contributed by atoms with Gasteiger partial charge in [0.05, 0.1) is 17.5 Å². The molecule has 1 fully saturated rings. The molecule has 1 aliphatic rings. The molecule has 4 aromatic rings. The molecule has 1 aliphatic heterocycles. The van der Waals surface area contributed by atoms with Crippen LogP contribution in [0.3, 0.4) is 0 Å². The molecule has 1 atom stereocenters. The lowest BCUT2D eigenvalue weighted by Crippen LogP contribution is -2.51. The normalized spacial score (nSPS) is 14.9. The Morgan fingerprint density at radius 1 is 1.02 bits per heavy atom. The standard InChI is InChI=1S/C30H30Cl2FN5O3S/c1-2-28(38-13-3-12-34-38)35-30(39)23-14-26(33)16-27(15-23)36-42(40,41)19-20-17-37(18-20)29(21-4-8-24(31)9-5-21)22-6-10-25(32)11-7-22/h3-16,20,28-29,36H,2,17-19H2,1H3,(H,35,39). The number of nitrogens with zero attached hydrogens (tertiary/aromatic N) is 3. The molecular formula is C30H30Cl2FN5O3S. The first-order chi connectivity index (χ1) is 20.1. The van der Waals surface area contributed by atoms with Crippen molar-refractivity contribution in [2.45, 2.75) is 25.6 Å². The predicted molar refractivity (Wildman–Crippen MR) is 163 cm³/mol. The van der Waals surface area contributed by atoms with E-state index in [1.807, 2.05) is 55.5 Å². The Balaban J connectivity index is 1.24. The predicted octanol–water partition coefficient (Wildman–Crippen LogP) is 6.13. The molecule has 3 aromatic carbocycles. The van der Waals surface area contributed by atoms with Crippen LogP contribution in [0, 0.1) is 11.7 Å². The summed E-state index contributed by atoms with van der Waals surface area (Å²) >= 11 is 12.2. The molecule has 42 heavy (non-hydrogen) atoms. The summed E-state index contributed by atoms with van der Waals surface area (Å²) in [5.74, 6) is -1.55. The number of carbonyl (C=O) groups is 1. The third-order valence-corrected chi connectivity index (χ3v) is 9.10. The zero-order valence-electron chi connectivity index (χ0n) is 22.8. The summed E-state index contributed by atoms with van der Waals surface area (Å²) in [7, 11) is -3.83. The second-order valence-electron chi connectivity index (χ2n) is 10.3. The SMILES string of the molecule is CCC(NC(=O)c1cc(F)cc(NS(=O)(=O)CC2CN(C(c3ccc(Cl)cc3)c3ccc(Cl)cc3)C2)c1)n1cccn1. The average molecular weight is 631 g/mol. The maximum absolute atomic E-state index is 14.5. The highest BCUT2D eigenvalue weighted by atomic mass is 35.5. The van der Waals surface area contributed by atoms with Crippen molar-refractivity contribution in [1.82, 2.24) is 20.0 Å². The van der Waals surface area contributed by atoms with Crippen molar-refractivity contribution in [3.05, 3.63) is 118 Å². The van der Waals surface area contributed by atoms with Gasteiger partial charge in [0.1, 0.15) is 12.0 Å². The second kappa shape index (κ2) is 12.8. The van der Waals surface area contributed by atoms with Crippen molar-refractivity contribution in [2.75, 3.05) is 23.6 Å². The van der Waals surface area contributed by atoms with E-state index in [0.29, 0.717) is 29.6 Å². The van der Waals surface area contributed by atoms with Crippen molar-refractivity contribution < 1.29 is 17.6 Å². The molecule has 0 radical (unpaired) electrons. The summed E-state index contributed by atoms with van der Waals surface area (Å²) in [5.41, 5.74) is 2.06. The number of rotatable bonds is 11. The van der Waals surface area contributed by atoms with E-state index in [-0.39, 0.29) is 29.0 Å². The maximum atomic E-state index is 14.5. The van der Waals surface area contributed by atoms with Gasteiger partial charge in [-0.25, -0.2) is 12.8 Å². The molecule has 1 amide bonds. The van der Waals surface area contributed by atoms with E-state index >= 15 is 0 Å². The minimum atomic E-state index is -3.83. The molecule has 1 unspecified atom stereocenters. The van der Waals surface area contributed by atoms with Gasteiger partial charge >= 0.3 is 0 Å². The highest BCUT2D eigenvalue weighted by Gasteiger charge is 2.36. The van der Waals surface area contributed by atoms with Crippen LogP contribution in [0.2, 0.25) is 10.0 Å². The number of anilines is 1. The fourth-order valence-corrected chi connectivity index (χ4v) is 6.84. The van der Waals surface area contributed by atoms with Crippen LogP contribution in [0.15, 0.2) is 85.2 Å². The Morgan fingerprint density at radius 3 is 2.19 bits per heavy atom. The van der Waals surface area contributed by atoms with Crippen LogP contribution in [-0.2, 0) is 10.0 Å². The lowest BCUT2D eigenvalue weighted by molar-refractivity contribution is 0.0813. The number of carbonyl (C=O) groups excluding carboxylic acids is 1. The van der Waals surface area contributed by atoms with E-state index in [1.165, 1.54) is 6.07 Å². The maximum Gasteiger partial charge on any atom is 0.253 e. The molecule has 2 N–H and O–H groups in total. The first-order valence-corrected chi connectivity index (χ1v) is 15.9. The lowest BCUT2D eigenvalue weighted by Gasteiger charge is -2.44. The molecule has 0 aliphatic carbocycles. The summed E-state index contributed by atoms with van der Waals surface area (Å²) in [4.78, 5) is 15.1. The zero-order valence-corrected chi connectivity index (χ0v) is 25.1. The number of benzene rings is 3. The van der Waals surface area contributed by atoms with E-state index < -0.39 is 27.9 Å². The van der Waals surface area contributed by atoms with Crippen molar-refractivity contribution in [2.24, 2.45) is 5.92 Å². The summed E-state index contributed by atoms with van der Waals surface area (Å²) in [6, 6.07) is 20.3. The Hall–Kier alpha value is -3.44. The third kappa shape index (κ3) is 7.30. The van der Waals surface area contributed by atoms with Crippen molar-refractivity contribution in [3.8, 4) is 0 Å². The van der Waals surface area contributed by atoms with Crippen LogP contribution in [0.25, 0.3) is 0 Å². The van der Waals surface area contributed by atoms with E-state index in [0.717, 1.165) is 23.3 Å². The van der Waals surface area contributed by atoms with E-state index in [2.05, 4.69) is 20.0 Å². The largest absolute Gasteiger partial charge is 0.330 e. The van der Waals surface area contributed by atoms with Crippen LogP contribution in [-0.4, -0.2) is 47.8 Å². The molecule has 8 nitrogen and oxygen atoms in total. The molecule has 1 saturated heterocycles. The summed E-state index contributed by atoms with van der Waals surface area (Å²) in [6.07, 6.45) is 3.44. The van der Waals surface area contributed by atoms with Gasteiger partial charge in [-0.1, -0.05) is 54.4 Å². The highest BCUT2D eigenvalue weighted by molar-refractivity contribution is 7.92. The average Bonchev–Trinajstić information content (AvgIpc) is 3.46. The summed E-state index contributed by atoms with van der Waals surface area (Å²) < 4.78 is 44.6. The summed E-state index contributed by atoms with van der Waals surface area (Å²) in [5, 5.41) is 8.20. The molecule has 0 bridgehead atoms. The van der Waals surface area contributed by atoms with Gasteiger partial charge in [-0.15, -0.1) is 0 Å². The Morgan fingerprint density at radius 2 is 1.64 bits per heavy atom. The van der Waals surface area contributed by atoms with Crippen molar-refractivity contribution in [3.63, 3.8) is 0 Å². The first kappa shape index (κ1) is 30.0. The number of halogens is 3. The number of sulfonamides is 1. The monoisotopic (exact) mass is 629 g/mol. The number of amides is 1. The van der Waals surface area contributed by atoms with Crippen molar-refractivity contribution in [1.29, 1.82) is 0 Å². The van der Waals surface area contributed by atoms with Crippen LogP contribution < -0.4 is 10.0 Å². The molecule has 1 aromatic heterocycles. The molecule has 12 heteroatoms. The summed E-state index contributed by atoms with van der Waals surface area (Å²) in [6.45, 7) is 2.96. The lowest BCUT2D eigenvalue weighted by atomic mass is 9.91. The molecule has 0 saturated carbocycles. The van der Waals surface area contributed by atoms with Crippen LogP contribution in [0.4, 0.5) is 10.1 Å². The van der Waals surface area contributed by atoms with Gasteiger partial charge in [0.15, 0.2) is 0 Å². The molecule has 5 rings (SSSR count). The van der Waals surface area contributed by atoms with Crippen LogP contribution in [0.1, 0.15) is 47.0 Å². The third-order valence-electron chi connectivity index (χ3n) is 7.14. The van der Waals surface area contributed by atoms with Crippen LogP contribution in [0.5, 0.6) is 0 Å². The first-order valence-electron chi connectivity index (χ1n) is 13.5. The number of aromatic nitrogens is 2. The van der Waals surface area contributed by atoms with Crippen LogP contribution >= 0.6 is 23.2 Å². The number of hydrogen-bond acceptors (Lipinski definition) is 5. The fourth-order valence-electron chi connectivity index (χ4n) is 5.20. The fraction of sp³-hybridized carbons (Fsp3) is 0.267. The van der Waals surface area contributed by atoms with E-state index in [4.69, 9.17) is 23.2 Å². The van der Waals surface area contributed by atoms with E-state index in [9.17, 15) is 17.6 Å². The second-order valence-corrected chi connectivity index (χ2v) is 13.0.